The topological polar surface area (TPSA) is 45.8 Å². The molecule has 3 aromatic rings. The van der Waals surface area contributed by atoms with Gasteiger partial charge >= 0.3 is 5.91 Å². The van der Waals surface area contributed by atoms with Crippen LogP contribution in [0.4, 0.5) is 0 Å². The summed E-state index contributed by atoms with van der Waals surface area (Å²) in [6.07, 6.45) is 0.690. The first-order valence-electron chi connectivity index (χ1n) is 7.88. The third-order valence-corrected chi connectivity index (χ3v) is 5.41. The van der Waals surface area contributed by atoms with Gasteiger partial charge in [0.15, 0.2) is 10.4 Å². The fourth-order valence-electron chi connectivity index (χ4n) is 3.05. The van der Waals surface area contributed by atoms with Gasteiger partial charge in [-0.15, -0.1) is 0 Å². The van der Waals surface area contributed by atoms with Crippen molar-refractivity contribution in [1.82, 2.24) is 5.01 Å². The van der Waals surface area contributed by atoms with Crippen molar-refractivity contribution in [3.05, 3.63) is 80.3 Å². The lowest BCUT2D eigenvalue weighted by Crippen LogP contribution is -2.27. The van der Waals surface area contributed by atoms with Gasteiger partial charge in [-0.05, 0) is 62.9 Å². The SMILES string of the molecule is Cc1ccccc1C1CC(c2ccsc2)=NN1C(=O)c1ccc(Br)o1. The summed E-state index contributed by atoms with van der Waals surface area (Å²) >= 11 is 4.88. The monoisotopic (exact) mass is 414 g/mol. The van der Waals surface area contributed by atoms with Gasteiger partial charge < -0.3 is 4.42 Å². The Morgan fingerprint density at radius 1 is 1.28 bits per heavy atom. The molecule has 0 fully saturated rings. The summed E-state index contributed by atoms with van der Waals surface area (Å²) in [5.74, 6) is 0.0463. The zero-order valence-corrected chi connectivity index (χ0v) is 15.9. The quantitative estimate of drug-likeness (QED) is 0.575. The Kier molecular flexibility index (Phi) is 4.31. The van der Waals surface area contributed by atoms with Gasteiger partial charge in [-0.25, -0.2) is 5.01 Å². The summed E-state index contributed by atoms with van der Waals surface area (Å²) in [4.78, 5) is 13.0. The fourth-order valence-corrected chi connectivity index (χ4v) is 4.02. The summed E-state index contributed by atoms with van der Waals surface area (Å²) in [5, 5.41) is 10.3. The molecule has 0 saturated carbocycles. The number of thiophene rings is 1. The van der Waals surface area contributed by atoms with E-state index in [0.29, 0.717) is 11.1 Å². The molecule has 126 valence electrons. The number of carbonyl (C=O) groups excluding carboxylic acids is 1. The van der Waals surface area contributed by atoms with Crippen molar-refractivity contribution < 1.29 is 9.21 Å². The van der Waals surface area contributed by atoms with E-state index in [1.54, 1.807) is 28.5 Å². The lowest BCUT2D eigenvalue weighted by Gasteiger charge is -2.22. The number of aryl methyl sites for hydroxylation is 1. The molecule has 0 radical (unpaired) electrons. The largest absolute Gasteiger partial charge is 0.444 e. The summed E-state index contributed by atoms with van der Waals surface area (Å²) in [7, 11) is 0. The smallest absolute Gasteiger partial charge is 0.310 e. The van der Waals surface area contributed by atoms with E-state index in [2.05, 4.69) is 45.5 Å². The fraction of sp³-hybridized carbons (Fsp3) is 0.158. The number of hydrazone groups is 1. The summed E-state index contributed by atoms with van der Waals surface area (Å²) in [6.45, 7) is 2.06. The van der Waals surface area contributed by atoms with Crippen molar-refractivity contribution >= 4 is 38.9 Å². The molecule has 2 aromatic heterocycles. The van der Waals surface area contributed by atoms with Gasteiger partial charge in [0.25, 0.3) is 0 Å². The number of amides is 1. The average molecular weight is 415 g/mol. The summed E-state index contributed by atoms with van der Waals surface area (Å²) in [5.41, 5.74) is 4.25. The maximum absolute atomic E-state index is 13.0. The summed E-state index contributed by atoms with van der Waals surface area (Å²) in [6, 6.07) is 13.4. The second-order valence-corrected chi connectivity index (χ2v) is 7.45. The molecular formula is C19H15BrN2O2S. The number of rotatable bonds is 3. The van der Waals surface area contributed by atoms with Crippen LogP contribution >= 0.6 is 27.3 Å². The van der Waals surface area contributed by atoms with Crippen molar-refractivity contribution in [3.8, 4) is 0 Å². The van der Waals surface area contributed by atoms with Crippen LogP contribution < -0.4 is 0 Å². The molecule has 1 aliphatic rings. The van der Waals surface area contributed by atoms with E-state index < -0.39 is 0 Å². The minimum atomic E-state index is -0.232. The number of hydrogen-bond donors (Lipinski definition) is 0. The third-order valence-electron chi connectivity index (χ3n) is 4.30. The normalized spacial score (nSPS) is 17.0. The van der Waals surface area contributed by atoms with Crippen LogP contribution in [-0.2, 0) is 0 Å². The van der Waals surface area contributed by atoms with Gasteiger partial charge in [-0.3, -0.25) is 4.79 Å². The second kappa shape index (κ2) is 6.61. The highest BCUT2D eigenvalue weighted by atomic mass is 79.9. The molecule has 4 rings (SSSR count). The number of furan rings is 1. The van der Waals surface area contributed by atoms with E-state index in [0.717, 1.165) is 22.4 Å². The minimum Gasteiger partial charge on any atom is -0.444 e. The minimum absolute atomic E-state index is 0.132. The maximum atomic E-state index is 13.0. The third kappa shape index (κ3) is 3.07. The van der Waals surface area contributed by atoms with E-state index >= 15 is 0 Å². The Bertz CT molecular complexity index is 946. The molecular weight excluding hydrogens is 400 g/mol. The first kappa shape index (κ1) is 16.3. The molecule has 0 bridgehead atoms. The number of benzene rings is 1. The Morgan fingerprint density at radius 3 is 2.80 bits per heavy atom. The van der Waals surface area contributed by atoms with Gasteiger partial charge in [-0.2, -0.15) is 16.4 Å². The van der Waals surface area contributed by atoms with Crippen LogP contribution in [0.5, 0.6) is 0 Å². The van der Waals surface area contributed by atoms with E-state index in [9.17, 15) is 4.79 Å². The molecule has 0 aliphatic carbocycles. The Labute approximate surface area is 157 Å². The van der Waals surface area contributed by atoms with Crippen LogP contribution in [0.2, 0.25) is 0 Å². The molecule has 3 heterocycles. The van der Waals surface area contributed by atoms with E-state index in [4.69, 9.17) is 4.42 Å². The molecule has 6 heteroatoms. The molecule has 25 heavy (non-hydrogen) atoms. The average Bonchev–Trinajstić information content (AvgIpc) is 3.34. The van der Waals surface area contributed by atoms with Crippen molar-refractivity contribution in [2.45, 2.75) is 19.4 Å². The molecule has 0 saturated heterocycles. The van der Waals surface area contributed by atoms with E-state index in [1.807, 2.05) is 23.6 Å². The number of halogens is 1. The maximum Gasteiger partial charge on any atom is 0.310 e. The highest BCUT2D eigenvalue weighted by molar-refractivity contribution is 9.10. The van der Waals surface area contributed by atoms with Crippen LogP contribution in [0, 0.1) is 6.92 Å². The van der Waals surface area contributed by atoms with Crippen LogP contribution in [0.3, 0.4) is 0 Å². The zero-order valence-electron chi connectivity index (χ0n) is 13.5. The van der Waals surface area contributed by atoms with Crippen molar-refractivity contribution in [3.63, 3.8) is 0 Å². The molecule has 1 aromatic carbocycles. The number of carbonyl (C=O) groups is 1. The Hall–Kier alpha value is -2.18. The highest BCUT2D eigenvalue weighted by Gasteiger charge is 2.35. The van der Waals surface area contributed by atoms with Gasteiger partial charge in [0, 0.05) is 12.0 Å². The molecule has 4 nitrogen and oxygen atoms in total. The van der Waals surface area contributed by atoms with Crippen molar-refractivity contribution in [2.75, 3.05) is 0 Å². The van der Waals surface area contributed by atoms with Crippen LogP contribution in [-0.4, -0.2) is 16.6 Å². The van der Waals surface area contributed by atoms with Crippen molar-refractivity contribution in [2.24, 2.45) is 5.10 Å². The van der Waals surface area contributed by atoms with Crippen LogP contribution in [0.15, 0.2) is 67.4 Å². The van der Waals surface area contributed by atoms with Crippen molar-refractivity contribution in [1.29, 1.82) is 0 Å². The molecule has 1 aliphatic heterocycles. The molecule has 1 atom stereocenters. The molecule has 1 unspecified atom stereocenters. The Balaban J connectivity index is 1.75. The molecule has 0 spiro atoms. The zero-order chi connectivity index (χ0) is 17.4. The predicted octanol–water partition coefficient (Wildman–Crippen LogP) is 5.40. The van der Waals surface area contributed by atoms with Gasteiger partial charge in [-0.1, -0.05) is 24.3 Å². The van der Waals surface area contributed by atoms with Crippen LogP contribution in [0.25, 0.3) is 0 Å². The van der Waals surface area contributed by atoms with E-state index in [1.165, 1.54) is 0 Å². The van der Waals surface area contributed by atoms with Gasteiger partial charge in [0.1, 0.15) is 0 Å². The summed E-state index contributed by atoms with van der Waals surface area (Å²) < 4.78 is 5.99. The first-order valence-corrected chi connectivity index (χ1v) is 9.61. The Morgan fingerprint density at radius 2 is 2.12 bits per heavy atom. The number of hydrogen-bond acceptors (Lipinski definition) is 4. The number of nitrogens with zero attached hydrogens (tertiary/aromatic N) is 2. The van der Waals surface area contributed by atoms with E-state index in [-0.39, 0.29) is 17.7 Å². The molecule has 1 amide bonds. The van der Waals surface area contributed by atoms with Gasteiger partial charge in [0.2, 0.25) is 0 Å². The standard InChI is InChI=1S/C19H15BrN2O2S/c1-12-4-2-3-5-14(12)16-10-15(13-8-9-25-11-13)21-22(16)19(23)17-6-7-18(20)24-17/h2-9,11,16H,10H2,1H3. The van der Waals surface area contributed by atoms with Gasteiger partial charge in [0.05, 0.1) is 11.8 Å². The first-order chi connectivity index (χ1) is 12.1. The lowest BCUT2D eigenvalue weighted by atomic mass is 9.96. The van der Waals surface area contributed by atoms with Crippen LogP contribution in [0.1, 0.15) is 39.7 Å². The molecule has 0 N–H and O–H groups in total. The second-order valence-electron chi connectivity index (χ2n) is 5.89. The highest BCUT2D eigenvalue weighted by Crippen LogP contribution is 2.36. The lowest BCUT2D eigenvalue weighted by molar-refractivity contribution is 0.0677. The predicted molar refractivity (Wildman–Crippen MR) is 102 cm³/mol.